The smallest absolute Gasteiger partial charge is 0.337 e. The number of esters is 1. The first-order chi connectivity index (χ1) is 5.84. The summed E-state index contributed by atoms with van der Waals surface area (Å²) in [6.07, 6.45) is 0.549. The van der Waals surface area contributed by atoms with Crippen molar-refractivity contribution in [2.45, 2.75) is 0 Å². The van der Waals surface area contributed by atoms with Crippen LogP contribution in [-0.2, 0) is 4.74 Å². The van der Waals surface area contributed by atoms with Crippen LogP contribution in [-0.4, -0.2) is 20.3 Å². The molecule has 0 saturated carbocycles. The van der Waals surface area contributed by atoms with E-state index in [1.165, 1.54) is 0 Å². The van der Waals surface area contributed by atoms with Crippen molar-refractivity contribution in [3.05, 3.63) is 35.9 Å². The summed E-state index contributed by atoms with van der Waals surface area (Å²) in [5, 5.41) is 0. The molecule has 4 heteroatoms. The lowest BCUT2D eigenvalue weighted by Crippen LogP contribution is -2.07. The van der Waals surface area contributed by atoms with Crippen molar-refractivity contribution in [1.82, 2.24) is 0 Å². The van der Waals surface area contributed by atoms with Crippen LogP contribution in [0.25, 0.3) is 0 Å². The second kappa shape index (κ2) is 5.11. The SMILES string of the molecule is O=C(OC[SiH2]Br)c1ccccc1. The molecule has 0 aliphatic heterocycles. The Kier molecular flexibility index (Phi) is 4.03. The summed E-state index contributed by atoms with van der Waals surface area (Å²) in [5.41, 5.74) is 0.618. The fraction of sp³-hybridized carbons (Fsp3) is 0.125. The van der Waals surface area contributed by atoms with Gasteiger partial charge in [0.05, 0.1) is 11.8 Å². The summed E-state index contributed by atoms with van der Waals surface area (Å²) >= 11 is 3.31. The molecule has 0 aromatic heterocycles. The molecule has 0 heterocycles. The molecule has 0 aliphatic carbocycles. The van der Waals surface area contributed by atoms with E-state index in [4.69, 9.17) is 4.74 Å². The van der Waals surface area contributed by atoms with E-state index in [9.17, 15) is 4.79 Å². The lowest BCUT2D eigenvalue weighted by molar-refractivity contribution is 0.0573. The minimum atomic E-state index is -0.364. The molecule has 1 aromatic rings. The summed E-state index contributed by atoms with van der Waals surface area (Å²) in [4.78, 5) is 11.2. The molecule has 0 saturated heterocycles. The Morgan fingerprint density at radius 3 is 2.67 bits per heavy atom. The third-order valence-corrected chi connectivity index (χ3v) is 2.65. The van der Waals surface area contributed by atoms with Gasteiger partial charge < -0.3 is 4.74 Å². The highest BCUT2D eigenvalue weighted by Crippen LogP contribution is 2.00. The molecule has 0 atom stereocenters. The molecule has 0 unspecified atom stereocenters. The average molecular weight is 245 g/mol. The molecule has 0 radical (unpaired) electrons. The van der Waals surface area contributed by atoms with Gasteiger partial charge >= 0.3 is 5.97 Å². The van der Waals surface area contributed by atoms with Crippen LogP contribution in [0.5, 0.6) is 0 Å². The van der Waals surface area contributed by atoms with Gasteiger partial charge in [0.1, 0.15) is 8.14 Å². The van der Waals surface area contributed by atoms with Gasteiger partial charge in [0.15, 0.2) is 0 Å². The van der Waals surface area contributed by atoms with Gasteiger partial charge in [-0.15, -0.1) is 15.3 Å². The van der Waals surface area contributed by atoms with Crippen LogP contribution in [0.15, 0.2) is 30.3 Å². The average Bonchev–Trinajstić information content (AvgIpc) is 2.15. The zero-order chi connectivity index (χ0) is 8.81. The Labute approximate surface area is 81.3 Å². The zero-order valence-corrected chi connectivity index (χ0v) is 9.50. The van der Waals surface area contributed by atoms with Crippen molar-refractivity contribution < 1.29 is 9.53 Å². The van der Waals surface area contributed by atoms with Crippen LogP contribution in [0.2, 0.25) is 0 Å². The Bertz CT molecular complexity index is 250. The molecule has 2 nitrogen and oxygen atoms in total. The topological polar surface area (TPSA) is 26.3 Å². The van der Waals surface area contributed by atoms with E-state index in [0.29, 0.717) is 11.8 Å². The first kappa shape index (κ1) is 9.47. The molecule has 1 rings (SSSR count). The third-order valence-electron chi connectivity index (χ3n) is 1.32. The number of carbonyl (C=O) groups is 1. The summed E-state index contributed by atoms with van der Waals surface area (Å²) in [6, 6.07) is 9.01. The monoisotopic (exact) mass is 244 g/mol. The quantitative estimate of drug-likeness (QED) is 0.455. The summed E-state index contributed by atoms with van der Waals surface area (Å²) in [7, 11) is -0.364. The number of carbonyl (C=O) groups excluding carboxylic acids is 1. The lowest BCUT2D eigenvalue weighted by atomic mass is 10.2. The van der Waals surface area contributed by atoms with Crippen LogP contribution in [0.1, 0.15) is 10.4 Å². The van der Waals surface area contributed by atoms with Crippen LogP contribution < -0.4 is 0 Å². The van der Waals surface area contributed by atoms with E-state index in [1.807, 2.05) is 18.2 Å². The van der Waals surface area contributed by atoms with E-state index >= 15 is 0 Å². The van der Waals surface area contributed by atoms with Crippen molar-refractivity contribution in [2.75, 3.05) is 6.23 Å². The van der Waals surface area contributed by atoms with E-state index < -0.39 is 0 Å². The van der Waals surface area contributed by atoms with Gasteiger partial charge in [0.2, 0.25) is 0 Å². The maximum Gasteiger partial charge on any atom is 0.337 e. The number of hydrogen-bond donors (Lipinski definition) is 0. The zero-order valence-electron chi connectivity index (χ0n) is 6.50. The molecule has 0 fully saturated rings. The highest BCUT2D eigenvalue weighted by molar-refractivity contribution is 9.23. The highest BCUT2D eigenvalue weighted by atomic mass is 79.9. The van der Waals surface area contributed by atoms with Gasteiger partial charge in [-0.1, -0.05) is 18.2 Å². The van der Waals surface area contributed by atoms with E-state index in [1.54, 1.807) is 12.1 Å². The maximum absolute atomic E-state index is 11.2. The normalized spacial score (nSPS) is 10.4. The number of benzene rings is 1. The van der Waals surface area contributed by atoms with Gasteiger partial charge in [-0.25, -0.2) is 4.79 Å². The van der Waals surface area contributed by atoms with Crippen molar-refractivity contribution in [3.63, 3.8) is 0 Å². The maximum atomic E-state index is 11.2. The fourth-order valence-corrected chi connectivity index (χ4v) is 1.54. The standard InChI is InChI=1S/C8H9BrO2Si/c9-12-6-11-8(10)7-4-2-1-3-5-7/h1-5H,6,12H2. The molecular formula is C8H9BrO2Si. The van der Waals surface area contributed by atoms with Crippen LogP contribution in [0.3, 0.4) is 0 Å². The molecule has 0 N–H and O–H groups in total. The predicted molar refractivity (Wildman–Crippen MR) is 54.2 cm³/mol. The molecule has 0 bridgehead atoms. The van der Waals surface area contributed by atoms with Crippen molar-refractivity contribution in [2.24, 2.45) is 0 Å². The van der Waals surface area contributed by atoms with Crippen molar-refractivity contribution >= 4 is 29.4 Å². The Morgan fingerprint density at radius 2 is 2.08 bits per heavy atom. The number of rotatable bonds is 3. The van der Waals surface area contributed by atoms with E-state index in [0.717, 1.165) is 0 Å². The predicted octanol–water partition coefficient (Wildman–Crippen LogP) is 1.28. The van der Waals surface area contributed by atoms with Gasteiger partial charge in [0.25, 0.3) is 0 Å². The summed E-state index contributed by atoms with van der Waals surface area (Å²) < 4.78 is 4.95. The molecule has 0 spiro atoms. The van der Waals surface area contributed by atoms with E-state index in [2.05, 4.69) is 15.3 Å². The summed E-state index contributed by atoms with van der Waals surface area (Å²) in [6.45, 7) is 0. The minimum Gasteiger partial charge on any atom is -0.465 e. The number of ether oxygens (including phenoxy) is 1. The Morgan fingerprint density at radius 1 is 1.42 bits per heavy atom. The lowest BCUT2D eigenvalue weighted by Gasteiger charge is -2.00. The number of halogens is 1. The third kappa shape index (κ3) is 2.79. The molecule has 64 valence electrons. The van der Waals surface area contributed by atoms with Gasteiger partial charge in [0, 0.05) is 0 Å². The largest absolute Gasteiger partial charge is 0.465 e. The summed E-state index contributed by atoms with van der Waals surface area (Å²) in [5.74, 6) is -0.234. The van der Waals surface area contributed by atoms with Crippen LogP contribution >= 0.6 is 15.3 Å². The fourth-order valence-electron chi connectivity index (χ4n) is 0.789. The van der Waals surface area contributed by atoms with Gasteiger partial charge in [-0.3, -0.25) is 0 Å². The highest BCUT2D eigenvalue weighted by Gasteiger charge is 2.03. The first-order valence-corrected chi connectivity index (χ1v) is 8.52. The molecule has 0 aliphatic rings. The van der Waals surface area contributed by atoms with E-state index in [-0.39, 0.29) is 14.1 Å². The minimum absolute atomic E-state index is 0.234. The molecule has 1 aromatic carbocycles. The van der Waals surface area contributed by atoms with Crippen LogP contribution in [0, 0.1) is 0 Å². The first-order valence-electron chi connectivity index (χ1n) is 3.62. The Balaban J connectivity index is 2.54. The Hall–Kier alpha value is -0.613. The molecular weight excluding hydrogens is 236 g/mol. The van der Waals surface area contributed by atoms with Gasteiger partial charge in [-0.2, -0.15) is 0 Å². The molecule has 12 heavy (non-hydrogen) atoms. The van der Waals surface area contributed by atoms with Crippen molar-refractivity contribution in [1.29, 1.82) is 0 Å². The van der Waals surface area contributed by atoms with Crippen LogP contribution in [0.4, 0.5) is 0 Å². The van der Waals surface area contributed by atoms with Crippen molar-refractivity contribution in [3.8, 4) is 0 Å². The second-order valence-corrected chi connectivity index (χ2v) is 5.36. The van der Waals surface area contributed by atoms with Gasteiger partial charge in [-0.05, 0) is 12.1 Å². The second-order valence-electron chi connectivity index (χ2n) is 2.19. The molecule has 0 amide bonds. The number of hydrogen-bond acceptors (Lipinski definition) is 2.